The largest absolute Gasteiger partial charge is 0.458 e. The van der Waals surface area contributed by atoms with Gasteiger partial charge in [-0.15, -0.1) is 12.6 Å². The van der Waals surface area contributed by atoms with E-state index in [9.17, 15) is 0 Å². The lowest BCUT2D eigenvalue weighted by Crippen LogP contribution is -2.37. The van der Waals surface area contributed by atoms with Crippen LogP contribution >= 0.6 is 12.6 Å². The van der Waals surface area contributed by atoms with E-state index in [0.717, 1.165) is 29.4 Å². The number of aryl methyl sites for hydroxylation is 1. The second-order valence-electron chi connectivity index (χ2n) is 6.85. The third kappa shape index (κ3) is 3.41. The van der Waals surface area contributed by atoms with Crippen molar-refractivity contribution in [2.75, 3.05) is 31.1 Å². The molecule has 1 aromatic heterocycles. The normalized spacial score (nSPS) is 23.8. The topological polar surface area (TPSA) is 58.0 Å². The van der Waals surface area contributed by atoms with Crippen molar-refractivity contribution in [3.8, 4) is 0 Å². The van der Waals surface area contributed by atoms with Crippen molar-refractivity contribution >= 4 is 29.8 Å². The van der Waals surface area contributed by atoms with Crippen LogP contribution in [-0.2, 0) is 0 Å². The number of benzene rings is 1. The number of furan rings is 1. The maximum atomic E-state index is 6.07. The molecule has 25 heavy (non-hydrogen) atoms. The van der Waals surface area contributed by atoms with Crippen LogP contribution in [-0.4, -0.2) is 43.0 Å². The zero-order valence-corrected chi connectivity index (χ0v) is 15.4. The molecule has 5 nitrogen and oxygen atoms in total. The van der Waals surface area contributed by atoms with Crippen molar-refractivity contribution in [2.45, 2.75) is 30.7 Å². The number of rotatable bonds is 3. The van der Waals surface area contributed by atoms with Crippen LogP contribution in [0.3, 0.4) is 0 Å². The van der Waals surface area contributed by atoms with Gasteiger partial charge in [0.05, 0.1) is 5.69 Å². The number of piperidine rings is 1. The van der Waals surface area contributed by atoms with Crippen LogP contribution in [0.1, 0.15) is 24.4 Å². The van der Waals surface area contributed by atoms with E-state index in [2.05, 4.69) is 39.6 Å². The minimum atomic E-state index is 0.373. The summed E-state index contributed by atoms with van der Waals surface area (Å²) < 4.78 is 5.53. The highest BCUT2D eigenvalue weighted by atomic mass is 32.1. The van der Waals surface area contributed by atoms with E-state index in [0.29, 0.717) is 17.6 Å². The second kappa shape index (κ2) is 6.77. The molecule has 132 valence electrons. The molecule has 1 aromatic carbocycles. The third-order valence-electron chi connectivity index (χ3n) is 5.18. The van der Waals surface area contributed by atoms with E-state index >= 15 is 0 Å². The highest BCUT2D eigenvalue weighted by Gasteiger charge is 2.29. The first kappa shape index (κ1) is 16.5. The first-order valence-corrected chi connectivity index (χ1v) is 9.28. The highest BCUT2D eigenvalue weighted by molar-refractivity contribution is 7.80. The molecule has 3 aliphatic rings. The fourth-order valence-corrected chi connectivity index (χ4v) is 4.03. The zero-order chi connectivity index (χ0) is 17.4. The van der Waals surface area contributed by atoms with E-state index in [1.54, 1.807) is 0 Å². The molecule has 0 spiro atoms. The lowest BCUT2D eigenvalue weighted by Gasteiger charge is -2.33. The number of anilines is 1. The van der Waals surface area contributed by atoms with E-state index in [4.69, 9.17) is 10.2 Å². The van der Waals surface area contributed by atoms with Crippen molar-refractivity contribution in [1.29, 1.82) is 0 Å². The molecular formula is C19H24N4OS. The molecule has 0 aliphatic carbocycles. The van der Waals surface area contributed by atoms with Crippen molar-refractivity contribution in [3.63, 3.8) is 0 Å². The van der Waals surface area contributed by atoms with Crippen LogP contribution < -0.4 is 10.6 Å². The van der Waals surface area contributed by atoms with Gasteiger partial charge in [-0.1, -0.05) is 0 Å². The maximum absolute atomic E-state index is 6.07. The number of fused-ring (bicyclic) bond motifs is 4. The molecule has 4 heterocycles. The molecule has 6 heteroatoms. The summed E-state index contributed by atoms with van der Waals surface area (Å²) in [4.78, 5) is 10.4. The standard InChI is InChI=1S/C19H24N4OS/c1-13-2-5-17(24-13)19(20)21-16-4-3-15(12-18(16)25)23-11-10-22-8-6-14(23)7-9-22/h2-5,12,14,25H,6-11H2,1H3,(H2,20,21). The number of nitrogens with zero attached hydrogens (tertiary/aromatic N) is 3. The Balaban J connectivity index is 1.58. The average Bonchev–Trinajstić information content (AvgIpc) is 2.84. The van der Waals surface area contributed by atoms with Crippen LogP contribution in [0.4, 0.5) is 11.4 Å². The van der Waals surface area contributed by atoms with Gasteiger partial charge in [-0.05, 0) is 50.1 Å². The number of hydrogen-bond acceptors (Lipinski definition) is 5. The van der Waals surface area contributed by atoms with Gasteiger partial charge < -0.3 is 20.0 Å². The Morgan fingerprint density at radius 3 is 2.64 bits per heavy atom. The molecule has 2 aromatic rings. The fraction of sp³-hybridized carbons (Fsp3) is 0.421. The first-order chi connectivity index (χ1) is 12.1. The maximum Gasteiger partial charge on any atom is 0.169 e. The molecule has 0 amide bonds. The Labute approximate surface area is 153 Å². The van der Waals surface area contributed by atoms with Crippen molar-refractivity contribution in [3.05, 3.63) is 41.9 Å². The number of aliphatic imine (C=N–C) groups is 1. The third-order valence-corrected chi connectivity index (χ3v) is 5.54. The summed E-state index contributed by atoms with van der Waals surface area (Å²) in [6.45, 7) is 6.55. The SMILES string of the molecule is Cc1ccc(C(N)=Nc2ccc(N3CCN4CCC3CC4)cc2S)o1. The minimum Gasteiger partial charge on any atom is -0.458 e. The van der Waals surface area contributed by atoms with E-state index in [-0.39, 0.29) is 0 Å². The van der Waals surface area contributed by atoms with Crippen molar-refractivity contribution in [2.24, 2.45) is 10.7 Å². The summed E-state index contributed by atoms with van der Waals surface area (Å²) in [5.41, 5.74) is 8.06. The Kier molecular flexibility index (Phi) is 4.48. The molecule has 3 fully saturated rings. The molecule has 0 atom stereocenters. The summed E-state index contributed by atoms with van der Waals surface area (Å²) in [5, 5.41) is 0. The molecular weight excluding hydrogens is 332 g/mol. The van der Waals surface area contributed by atoms with Crippen LogP contribution in [0, 0.1) is 6.92 Å². The van der Waals surface area contributed by atoms with Gasteiger partial charge in [-0.3, -0.25) is 0 Å². The summed E-state index contributed by atoms with van der Waals surface area (Å²) in [6.07, 6.45) is 2.49. The molecule has 5 rings (SSSR count). The van der Waals surface area contributed by atoms with Gasteiger partial charge in [0.15, 0.2) is 11.6 Å². The number of thiol groups is 1. The Morgan fingerprint density at radius 2 is 1.96 bits per heavy atom. The molecule has 2 bridgehead atoms. The van der Waals surface area contributed by atoms with Crippen molar-refractivity contribution in [1.82, 2.24) is 4.90 Å². The number of nitrogens with two attached hydrogens (primary N) is 1. The zero-order valence-electron chi connectivity index (χ0n) is 14.5. The summed E-state index contributed by atoms with van der Waals surface area (Å²) in [6, 6.07) is 10.6. The minimum absolute atomic E-state index is 0.373. The van der Waals surface area contributed by atoms with Gasteiger partial charge in [0, 0.05) is 42.8 Å². The quantitative estimate of drug-likeness (QED) is 0.504. The molecule has 2 N–H and O–H groups in total. The average molecular weight is 356 g/mol. The predicted octanol–water partition coefficient (Wildman–Crippen LogP) is 3.20. The fourth-order valence-electron chi connectivity index (χ4n) is 3.77. The van der Waals surface area contributed by atoms with Crippen LogP contribution in [0.15, 0.2) is 44.6 Å². The molecule has 3 saturated heterocycles. The summed E-state index contributed by atoms with van der Waals surface area (Å²) in [5.74, 6) is 1.78. The number of amidine groups is 1. The van der Waals surface area contributed by atoms with Crippen LogP contribution in [0.25, 0.3) is 0 Å². The second-order valence-corrected chi connectivity index (χ2v) is 7.33. The van der Waals surface area contributed by atoms with E-state index in [1.807, 2.05) is 25.1 Å². The predicted molar refractivity (Wildman–Crippen MR) is 104 cm³/mol. The molecule has 0 saturated carbocycles. The number of hydrogen-bond donors (Lipinski definition) is 2. The van der Waals surface area contributed by atoms with Gasteiger partial charge in [0.1, 0.15) is 5.76 Å². The van der Waals surface area contributed by atoms with Gasteiger partial charge in [0.25, 0.3) is 0 Å². The summed E-state index contributed by atoms with van der Waals surface area (Å²) >= 11 is 4.65. The summed E-state index contributed by atoms with van der Waals surface area (Å²) in [7, 11) is 0. The lowest BCUT2D eigenvalue weighted by atomic mass is 10.0. The Morgan fingerprint density at radius 1 is 1.16 bits per heavy atom. The first-order valence-electron chi connectivity index (χ1n) is 8.83. The lowest BCUT2D eigenvalue weighted by molar-refractivity contribution is 0.250. The van der Waals surface area contributed by atoms with E-state index in [1.165, 1.54) is 31.6 Å². The molecule has 3 aliphatic heterocycles. The van der Waals surface area contributed by atoms with Gasteiger partial charge in [-0.25, -0.2) is 4.99 Å². The molecule has 0 unspecified atom stereocenters. The Bertz CT molecular complexity index is 792. The van der Waals surface area contributed by atoms with Gasteiger partial charge >= 0.3 is 0 Å². The smallest absolute Gasteiger partial charge is 0.169 e. The van der Waals surface area contributed by atoms with E-state index < -0.39 is 0 Å². The van der Waals surface area contributed by atoms with Gasteiger partial charge in [-0.2, -0.15) is 0 Å². The molecule has 0 radical (unpaired) electrons. The van der Waals surface area contributed by atoms with Crippen LogP contribution in [0.2, 0.25) is 0 Å². The van der Waals surface area contributed by atoms with Crippen LogP contribution in [0.5, 0.6) is 0 Å². The monoisotopic (exact) mass is 356 g/mol. The van der Waals surface area contributed by atoms with Gasteiger partial charge in [0.2, 0.25) is 0 Å². The highest BCUT2D eigenvalue weighted by Crippen LogP contribution is 2.32. The van der Waals surface area contributed by atoms with Crippen molar-refractivity contribution < 1.29 is 4.42 Å². The Hall–Kier alpha value is -1.92.